The van der Waals surface area contributed by atoms with E-state index in [0.717, 1.165) is 0 Å². The molecule has 0 aromatic carbocycles. The molecule has 12 heavy (non-hydrogen) atoms. The number of carboxylic acid groups (broad SMARTS) is 1. The number of carbonyl (C=O) groups is 1. The molecule has 0 bridgehead atoms. The maximum Gasteiger partial charge on any atom is 0.321 e. The Morgan fingerprint density at radius 2 is 2.33 bits per heavy atom. The zero-order valence-electron chi connectivity index (χ0n) is 6.23. The first-order valence-corrected chi connectivity index (χ1v) is 4.33. The molecule has 1 aliphatic rings. The summed E-state index contributed by atoms with van der Waals surface area (Å²) in [4.78, 5) is 14.2. The first-order valence-electron chi connectivity index (χ1n) is 3.29. The summed E-state index contributed by atoms with van der Waals surface area (Å²) in [6.45, 7) is 0. The highest BCUT2D eigenvalue weighted by molar-refractivity contribution is 8.00. The Kier molecular flexibility index (Phi) is 2.77. The van der Waals surface area contributed by atoms with Crippen LogP contribution in [0.2, 0.25) is 0 Å². The van der Waals surface area contributed by atoms with E-state index in [4.69, 9.17) is 16.6 Å². The molecule has 0 aromatic rings. The summed E-state index contributed by atoms with van der Waals surface area (Å²) >= 11 is 1.37. The van der Waals surface area contributed by atoms with Crippen molar-refractivity contribution < 1.29 is 9.90 Å². The third-order valence-corrected chi connectivity index (χ3v) is 2.41. The van der Waals surface area contributed by atoms with Crippen LogP contribution in [0.3, 0.4) is 0 Å². The molecule has 0 spiro atoms. The summed E-state index contributed by atoms with van der Waals surface area (Å²) in [5.41, 5.74) is 9.92. The average Bonchev–Trinajstić information content (AvgIpc) is 2.34. The van der Waals surface area contributed by atoms with E-state index >= 15 is 0 Å². The number of guanidine groups is 1. The summed E-state index contributed by atoms with van der Waals surface area (Å²) in [7, 11) is 0. The first kappa shape index (κ1) is 9.14. The summed E-state index contributed by atoms with van der Waals surface area (Å²) in [5.74, 6) is -0.432. The standard InChI is InChI=1S/C5H10N4O2S/c6-4(7)9-5-8-2(1-12-5)3(10)11/h2,5,8H,1H2,(H,10,11)(H4,6,7,9)/t2?,5-/m1/s1. The molecule has 0 saturated carbocycles. The highest BCUT2D eigenvalue weighted by Gasteiger charge is 2.28. The van der Waals surface area contributed by atoms with Gasteiger partial charge in [0.25, 0.3) is 0 Å². The molecule has 0 radical (unpaired) electrons. The Bertz CT molecular complexity index is 215. The van der Waals surface area contributed by atoms with Gasteiger partial charge in [-0.15, -0.1) is 11.8 Å². The largest absolute Gasteiger partial charge is 0.480 e. The monoisotopic (exact) mass is 190 g/mol. The van der Waals surface area contributed by atoms with E-state index in [0.29, 0.717) is 5.75 Å². The molecule has 6 N–H and O–H groups in total. The number of aliphatic carboxylic acids is 1. The Morgan fingerprint density at radius 3 is 2.75 bits per heavy atom. The SMILES string of the molecule is NC(N)=N[C@H]1NC(C(=O)O)CS1. The molecule has 0 amide bonds. The van der Waals surface area contributed by atoms with Crippen molar-refractivity contribution in [3.63, 3.8) is 0 Å². The second kappa shape index (κ2) is 3.63. The molecular formula is C5H10N4O2S. The minimum absolute atomic E-state index is 0.0361. The van der Waals surface area contributed by atoms with Gasteiger partial charge < -0.3 is 16.6 Å². The number of nitrogens with one attached hydrogen (secondary N) is 1. The third-order valence-electron chi connectivity index (χ3n) is 1.33. The van der Waals surface area contributed by atoms with Crippen LogP contribution < -0.4 is 16.8 Å². The number of carboxylic acids is 1. The number of nitrogens with zero attached hydrogens (tertiary/aromatic N) is 1. The lowest BCUT2D eigenvalue weighted by atomic mass is 10.3. The third kappa shape index (κ3) is 2.28. The fourth-order valence-corrected chi connectivity index (χ4v) is 1.88. The van der Waals surface area contributed by atoms with Gasteiger partial charge in [-0.2, -0.15) is 0 Å². The zero-order chi connectivity index (χ0) is 9.14. The van der Waals surface area contributed by atoms with Gasteiger partial charge in [0.1, 0.15) is 6.04 Å². The fraction of sp³-hybridized carbons (Fsp3) is 0.600. The Morgan fingerprint density at radius 1 is 1.67 bits per heavy atom. The van der Waals surface area contributed by atoms with Gasteiger partial charge in [-0.05, 0) is 0 Å². The summed E-state index contributed by atoms with van der Waals surface area (Å²) in [6.07, 6.45) is 0. The van der Waals surface area contributed by atoms with Crippen LogP contribution in [0.15, 0.2) is 4.99 Å². The van der Waals surface area contributed by atoms with Gasteiger partial charge in [-0.3, -0.25) is 10.1 Å². The highest BCUT2D eigenvalue weighted by atomic mass is 32.2. The minimum Gasteiger partial charge on any atom is -0.480 e. The second-order valence-electron chi connectivity index (χ2n) is 2.30. The van der Waals surface area contributed by atoms with Gasteiger partial charge in [0.2, 0.25) is 0 Å². The van der Waals surface area contributed by atoms with E-state index in [9.17, 15) is 4.79 Å². The van der Waals surface area contributed by atoms with E-state index in [1.54, 1.807) is 0 Å². The van der Waals surface area contributed by atoms with Crippen LogP contribution >= 0.6 is 11.8 Å². The van der Waals surface area contributed by atoms with E-state index in [1.165, 1.54) is 11.8 Å². The molecule has 0 aromatic heterocycles. The fourth-order valence-electron chi connectivity index (χ4n) is 0.808. The molecule has 1 fully saturated rings. The molecule has 1 aliphatic heterocycles. The summed E-state index contributed by atoms with van der Waals surface area (Å²) in [6, 6.07) is -0.553. The predicted octanol–water partition coefficient (Wildman–Crippen LogP) is -1.67. The lowest BCUT2D eigenvalue weighted by Crippen LogP contribution is -2.37. The van der Waals surface area contributed by atoms with Crippen LogP contribution in [-0.2, 0) is 4.79 Å². The lowest BCUT2D eigenvalue weighted by molar-refractivity contribution is -0.138. The highest BCUT2D eigenvalue weighted by Crippen LogP contribution is 2.19. The molecule has 1 saturated heterocycles. The molecule has 6 nitrogen and oxygen atoms in total. The van der Waals surface area contributed by atoms with Gasteiger partial charge in [-0.25, -0.2) is 4.99 Å². The van der Waals surface area contributed by atoms with Crippen molar-refractivity contribution in [2.45, 2.75) is 11.5 Å². The van der Waals surface area contributed by atoms with Gasteiger partial charge in [0.05, 0.1) is 0 Å². The molecule has 68 valence electrons. The van der Waals surface area contributed by atoms with Crippen LogP contribution in [0.5, 0.6) is 0 Å². The van der Waals surface area contributed by atoms with Crippen LogP contribution in [0.25, 0.3) is 0 Å². The van der Waals surface area contributed by atoms with Gasteiger partial charge in [-0.1, -0.05) is 0 Å². The van der Waals surface area contributed by atoms with Crippen molar-refractivity contribution in [2.75, 3.05) is 5.75 Å². The quantitative estimate of drug-likeness (QED) is 0.306. The first-order chi connectivity index (χ1) is 5.59. The smallest absolute Gasteiger partial charge is 0.321 e. The van der Waals surface area contributed by atoms with E-state index in [-0.39, 0.29) is 11.5 Å². The summed E-state index contributed by atoms with van der Waals surface area (Å²) in [5, 5.41) is 11.3. The molecule has 1 rings (SSSR count). The number of rotatable bonds is 2. The minimum atomic E-state index is -0.879. The maximum atomic E-state index is 10.4. The number of hydrogen-bond acceptors (Lipinski definition) is 4. The van der Waals surface area contributed by atoms with E-state index in [1.807, 2.05) is 0 Å². The maximum absolute atomic E-state index is 10.4. The number of nitrogens with two attached hydrogens (primary N) is 2. The second-order valence-corrected chi connectivity index (χ2v) is 3.41. The van der Waals surface area contributed by atoms with Crippen LogP contribution in [0.4, 0.5) is 0 Å². The molecule has 0 aliphatic carbocycles. The van der Waals surface area contributed by atoms with Crippen molar-refractivity contribution >= 4 is 23.7 Å². The molecule has 2 atom stereocenters. The normalized spacial score (nSPS) is 28.3. The van der Waals surface area contributed by atoms with E-state index < -0.39 is 12.0 Å². The number of thioether (sulfide) groups is 1. The van der Waals surface area contributed by atoms with Crippen molar-refractivity contribution in [3.05, 3.63) is 0 Å². The molecule has 7 heteroatoms. The molecular weight excluding hydrogens is 180 g/mol. The van der Waals surface area contributed by atoms with Crippen molar-refractivity contribution in [1.82, 2.24) is 5.32 Å². The van der Waals surface area contributed by atoms with Crippen LogP contribution in [0.1, 0.15) is 0 Å². The average molecular weight is 190 g/mol. The lowest BCUT2D eigenvalue weighted by Gasteiger charge is -2.05. The molecule has 1 heterocycles. The Balaban J connectivity index is 2.46. The van der Waals surface area contributed by atoms with Gasteiger partial charge in [0, 0.05) is 5.75 Å². The van der Waals surface area contributed by atoms with Crippen molar-refractivity contribution in [1.29, 1.82) is 0 Å². The predicted molar refractivity (Wildman–Crippen MR) is 46.6 cm³/mol. The topological polar surface area (TPSA) is 114 Å². The van der Waals surface area contributed by atoms with Gasteiger partial charge in [0.15, 0.2) is 11.5 Å². The van der Waals surface area contributed by atoms with Gasteiger partial charge >= 0.3 is 5.97 Å². The zero-order valence-corrected chi connectivity index (χ0v) is 7.04. The van der Waals surface area contributed by atoms with Crippen LogP contribution in [0, 0.1) is 0 Å². The van der Waals surface area contributed by atoms with Crippen LogP contribution in [-0.4, -0.2) is 34.3 Å². The number of hydrogen-bond donors (Lipinski definition) is 4. The van der Waals surface area contributed by atoms with Crippen molar-refractivity contribution in [3.8, 4) is 0 Å². The van der Waals surface area contributed by atoms with Crippen molar-refractivity contribution in [2.24, 2.45) is 16.5 Å². The molecule has 1 unspecified atom stereocenters. The summed E-state index contributed by atoms with van der Waals surface area (Å²) < 4.78 is 0. The van der Waals surface area contributed by atoms with E-state index in [2.05, 4.69) is 10.3 Å². The number of aliphatic imine (C=N–C) groups is 1. The Labute approximate surface area is 73.4 Å². The Hall–Kier alpha value is -0.950.